The molecule has 0 amide bonds. The van der Waals surface area contributed by atoms with E-state index in [-0.39, 0.29) is 11.1 Å². The molecule has 0 N–H and O–H groups in total. The molecule has 3 rings (SSSR count). The summed E-state index contributed by atoms with van der Waals surface area (Å²) >= 11 is 0. The molecule has 0 atom stereocenters. The lowest BCUT2D eigenvalue weighted by molar-refractivity contribution is -0.384. The van der Waals surface area contributed by atoms with E-state index in [0.29, 0.717) is 28.6 Å². The first kappa shape index (κ1) is 14.9. The number of hydrogen-bond acceptors (Lipinski definition) is 3. The number of nitro groups is 1. The summed E-state index contributed by atoms with van der Waals surface area (Å²) in [6, 6.07) is 9.90. The summed E-state index contributed by atoms with van der Waals surface area (Å²) in [4.78, 5) is 22.1. The second-order valence-electron chi connectivity index (χ2n) is 5.12. The van der Waals surface area contributed by atoms with E-state index in [1.165, 1.54) is 36.4 Å². The summed E-state index contributed by atoms with van der Waals surface area (Å²) in [5, 5.41) is 11.0. The third-order valence-corrected chi connectivity index (χ3v) is 3.80. The number of aryl methyl sites for hydroxylation is 1. The predicted molar refractivity (Wildman–Crippen MR) is 85.9 cm³/mol. The van der Waals surface area contributed by atoms with Crippen LogP contribution in [0.2, 0.25) is 0 Å². The SMILES string of the molecule is CCn1ccc(=O)c2cc(F)c(-c3ccc([N+](=O)[O-])cc3)cc21. The number of fused-ring (bicyclic) bond motifs is 1. The van der Waals surface area contributed by atoms with Crippen LogP contribution in [0.1, 0.15) is 6.92 Å². The highest BCUT2D eigenvalue weighted by Crippen LogP contribution is 2.28. The number of non-ortho nitro benzene ring substituents is 1. The Bertz CT molecular complexity index is 962. The summed E-state index contributed by atoms with van der Waals surface area (Å²) in [7, 11) is 0. The molecule has 23 heavy (non-hydrogen) atoms. The standard InChI is InChI=1S/C17H13FN2O3/c1-2-19-8-7-17(21)14-9-15(18)13(10-16(14)19)11-3-5-12(6-4-11)20(22)23/h3-10H,2H2,1H3. The van der Waals surface area contributed by atoms with Gasteiger partial charge in [0.2, 0.25) is 0 Å². The van der Waals surface area contributed by atoms with Crippen molar-refractivity contribution in [2.45, 2.75) is 13.5 Å². The molecule has 116 valence electrons. The number of benzene rings is 2. The molecule has 0 spiro atoms. The average molecular weight is 312 g/mol. The van der Waals surface area contributed by atoms with Gasteiger partial charge in [-0.3, -0.25) is 14.9 Å². The van der Waals surface area contributed by atoms with Crippen LogP contribution in [-0.2, 0) is 6.54 Å². The fourth-order valence-corrected chi connectivity index (χ4v) is 2.58. The summed E-state index contributed by atoms with van der Waals surface area (Å²) in [6.45, 7) is 2.57. The van der Waals surface area contributed by atoms with Gasteiger partial charge in [0.05, 0.1) is 10.4 Å². The quantitative estimate of drug-likeness (QED) is 0.546. The average Bonchev–Trinajstić information content (AvgIpc) is 2.55. The lowest BCUT2D eigenvalue weighted by Gasteiger charge is -2.11. The van der Waals surface area contributed by atoms with Crippen LogP contribution in [0, 0.1) is 15.9 Å². The zero-order chi connectivity index (χ0) is 16.6. The Labute approximate surface area is 130 Å². The van der Waals surface area contributed by atoms with Crippen LogP contribution in [0.3, 0.4) is 0 Å². The first-order valence-electron chi connectivity index (χ1n) is 7.09. The van der Waals surface area contributed by atoms with Crippen LogP contribution < -0.4 is 5.43 Å². The van der Waals surface area contributed by atoms with E-state index in [0.717, 1.165) is 0 Å². The van der Waals surface area contributed by atoms with Gasteiger partial charge in [0.1, 0.15) is 5.82 Å². The maximum absolute atomic E-state index is 14.4. The van der Waals surface area contributed by atoms with E-state index in [4.69, 9.17) is 0 Å². The van der Waals surface area contributed by atoms with Crippen LogP contribution in [0.4, 0.5) is 10.1 Å². The number of aromatic nitrogens is 1. The molecule has 0 fully saturated rings. The number of hydrogen-bond donors (Lipinski definition) is 0. The maximum Gasteiger partial charge on any atom is 0.269 e. The zero-order valence-corrected chi connectivity index (χ0v) is 12.3. The third kappa shape index (κ3) is 2.59. The molecule has 2 aromatic carbocycles. The largest absolute Gasteiger partial charge is 0.348 e. The van der Waals surface area contributed by atoms with Crippen molar-refractivity contribution >= 4 is 16.6 Å². The van der Waals surface area contributed by atoms with Gasteiger partial charge in [0, 0.05) is 41.9 Å². The van der Waals surface area contributed by atoms with E-state index in [1.807, 2.05) is 11.5 Å². The van der Waals surface area contributed by atoms with E-state index in [1.54, 1.807) is 12.3 Å². The Morgan fingerprint density at radius 1 is 1.17 bits per heavy atom. The minimum atomic E-state index is -0.530. The monoisotopic (exact) mass is 312 g/mol. The molecule has 0 saturated carbocycles. The van der Waals surface area contributed by atoms with Crippen molar-refractivity contribution in [3.63, 3.8) is 0 Å². The minimum absolute atomic E-state index is 0.0552. The Kier molecular flexibility index (Phi) is 3.65. The molecule has 1 heterocycles. The molecule has 1 aromatic heterocycles. The van der Waals surface area contributed by atoms with Crippen molar-refractivity contribution < 1.29 is 9.31 Å². The van der Waals surface area contributed by atoms with Gasteiger partial charge in [0.15, 0.2) is 5.43 Å². The highest BCUT2D eigenvalue weighted by Gasteiger charge is 2.12. The number of rotatable bonds is 3. The van der Waals surface area contributed by atoms with Gasteiger partial charge in [-0.15, -0.1) is 0 Å². The van der Waals surface area contributed by atoms with Crippen LogP contribution in [0.15, 0.2) is 53.5 Å². The number of pyridine rings is 1. The first-order valence-corrected chi connectivity index (χ1v) is 7.09. The van der Waals surface area contributed by atoms with E-state index < -0.39 is 10.7 Å². The molecule has 0 saturated heterocycles. The Morgan fingerprint density at radius 3 is 2.48 bits per heavy atom. The fourth-order valence-electron chi connectivity index (χ4n) is 2.58. The lowest BCUT2D eigenvalue weighted by atomic mass is 10.0. The molecule has 0 unspecified atom stereocenters. The summed E-state index contributed by atoms with van der Waals surface area (Å²) in [6.07, 6.45) is 1.67. The normalized spacial score (nSPS) is 10.9. The molecule has 3 aromatic rings. The smallest absolute Gasteiger partial charge is 0.269 e. The van der Waals surface area contributed by atoms with Crippen molar-refractivity contribution in [3.05, 3.63) is 74.8 Å². The first-order chi connectivity index (χ1) is 11.0. The Hall–Kier alpha value is -3.02. The van der Waals surface area contributed by atoms with Gasteiger partial charge < -0.3 is 4.57 Å². The third-order valence-electron chi connectivity index (χ3n) is 3.80. The van der Waals surface area contributed by atoms with Crippen LogP contribution in [0.5, 0.6) is 0 Å². The molecule has 0 radical (unpaired) electrons. The maximum atomic E-state index is 14.4. The van der Waals surface area contributed by atoms with Crippen molar-refractivity contribution in [2.75, 3.05) is 0 Å². The van der Waals surface area contributed by atoms with Gasteiger partial charge in [-0.2, -0.15) is 0 Å². The molecule has 0 bridgehead atoms. The summed E-state index contributed by atoms with van der Waals surface area (Å²) < 4.78 is 16.3. The van der Waals surface area contributed by atoms with Gasteiger partial charge in [0.25, 0.3) is 5.69 Å². The molecule has 0 aliphatic carbocycles. The van der Waals surface area contributed by atoms with Gasteiger partial charge in [-0.25, -0.2) is 4.39 Å². The molecule has 0 aliphatic rings. The van der Waals surface area contributed by atoms with Gasteiger partial charge >= 0.3 is 0 Å². The van der Waals surface area contributed by atoms with Gasteiger partial charge in [-0.1, -0.05) is 0 Å². The summed E-state index contributed by atoms with van der Waals surface area (Å²) in [5.74, 6) is -0.530. The highest BCUT2D eigenvalue weighted by molar-refractivity contribution is 5.85. The van der Waals surface area contributed by atoms with Crippen LogP contribution >= 0.6 is 0 Å². The minimum Gasteiger partial charge on any atom is -0.348 e. The van der Waals surface area contributed by atoms with Crippen LogP contribution in [0.25, 0.3) is 22.0 Å². The van der Waals surface area contributed by atoms with Crippen molar-refractivity contribution in [1.82, 2.24) is 4.57 Å². The van der Waals surface area contributed by atoms with Crippen LogP contribution in [-0.4, -0.2) is 9.49 Å². The second kappa shape index (κ2) is 5.64. The van der Waals surface area contributed by atoms with E-state index >= 15 is 0 Å². The van der Waals surface area contributed by atoms with E-state index in [9.17, 15) is 19.3 Å². The second-order valence-corrected chi connectivity index (χ2v) is 5.12. The molecular weight excluding hydrogens is 299 g/mol. The fraction of sp³-hybridized carbons (Fsp3) is 0.118. The van der Waals surface area contributed by atoms with E-state index in [2.05, 4.69) is 0 Å². The van der Waals surface area contributed by atoms with Crippen molar-refractivity contribution in [2.24, 2.45) is 0 Å². The van der Waals surface area contributed by atoms with Crippen molar-refractivity contribution in [3.8, 4) is 11.1 Å². The Balaban J connectivity index is 2.23. The van der Waals surface area contributed by atoms with Crippen molar-refractivity contribution in [1.29, 1.82) is 0 Å². The number of halogens is 1. The van der Waals surface area contributed by atoms with Gasteiger partial charge in [-0.05, 0) is 36.8 Å². The summed E-state index contributed by atoms with van der Waals surface area (Å²) in [5.41, 5.74) is 1.17. The molecule has 0 aliphatic heterocycles. The molecular formula is C17H13FN2O3. The number of nitro benzene ring substituents is 1. The lowest BCUT2D eigenvalue weighted by Crippen LogP contribution is -2.08. The highest BCUT2D eigenvalue weighted by atomic mass is 19.1. The topological polar surface area (TPSA) is 65.1 Å². The predicted octanol–water partition coefficient (Wildman–Crippen LogP) is 3.74. The number of nitrogens with zero attached hydrogens (tertiary/aromatic N) is 2. The zero-order valence-electron chi connectivity index (χ0n) is 12.3. The molecule has 5 nitrogen and oxygen atoms in total. The molecule has 6 heteroatoms. The Morgan fingerprint density at radius 2 is 1.87 bits per heavy atom.